The first-order valence-corrected chi connectivity index (χ1v) is 13.8. The number of hydrogen-bond acceptors (Lipinski definition) is 4. The SMILES string of the molecule is [Pt+2].[c-]1c(-c2ncccc2-c2cccnc2)cccc1-n1c2[c-]c(-c3nc4ccccc4s3)ccc2c2ccccc21. The molecule has 4 heterocycles. The van der Waals surface area contributed by atoms with Gasteiger partial charge in [0.05, 0.1) is 5.52 Å². The van der Waals surface area contributed by atoms with Gasteiger partial charge in [-0.15, -0.1) is 53.6 Å². The maximum absolute atomic E-state index is 4.90. The number of thiazole rings is 1. The Labute approximate surface area is 255 Å². The van der Waals surface area contributed by atoms with Crippen molar-refractivity contribution in [3.05, 3.63) is 134 Å². The first kappa shape index (κ1) is 25.5. The number of hydrogen-bond donors (Lipinski definition) is 0. The molecule has 6 heteroatoms. The van der Waals surface area contributed by atoms with E-state index in [4.69, 9.17) is 9.97 Å². The van der Waals surface area contributed by atoms with E-state index in [9.17, 15) is 0 Å². The summed E-state index contributed by atoms with van der Waals surface area (Å²) in [5.74, 6) is 0. The summed E-state index contributed by atoms with van der Waals surface area (Å²) in [7, 11) is 0. The fourth-order valence-corrected chi connectivity index (χ4v) is 6.30. The zero-order valence-corrected chi connectivity index (χ0v) is 24.6. The third kappa shape index (κ3) is 4.39. The van der Waals surface area contributed by atoms with Gasteiger partial charge in [0.2, 0.25) is 0 Å². The van der Waals surface area contributed by atoms with Crippen LogP contribution in [0.15, 0.2) is 122 Å². The van der Waals surface area contributed by atoms with Crippen LogP contribution < -0.4 is 0 Å². The summed E-state index contributed by atoms with van der Waals surface area (Å²) in [5.41, 5.74) is 8.88. The molecular weight excluding hydrogens is 704 g/mol. The van der Waals surface area contributed by atoms with E-state index >= 15 is 0 Å². The number of rotatable bonds is 4. The first-order chi connectivity index (χ1) is 19.8. The van der Waals surface area contributed by atoms with E-state index in [0.717, 1.165) is 60.6 Å². The monoisotopic (exact) mass is 723 g/mol. The Hall–Kier alpha value is -4.44. The Balaban J connectivity index is 0.00000276. The van der Waals surface area contributed by atoms with E-state index in [1.165, 1.54) is 10.1 Å². The second-order valence-electron chi connectivity index (χ2n) is 9.56. The van der Waals surface area contributed by atoms with Crippen LogP contribution in [-0.2, 0) is 21.1 Å². The minimum absolute atomic E-state index is 0. The van der Waals surface area contributed by atoms with Crippen LogP contribution in [0.25, 0.3) is 70.7 Å². The average molecular weight is 724 g/mol. The molecule has 0 saturated carbocycles. The predicted molar refractivity (Wildman–Crippen MR) is 164 cm³/mol. The summed E-state index contributed by atoms with van der Waals surface area (Å²) in [4.78, 5) is 14.0. The number of para-hydroxylation sites is 2. The molecule has 0 amide bonds. The van der Waals surface area contributed by atoms with Crippen molar-refractivity contribution in [1.29, 1.82) is 0 Å². The number of aromatic nitrogens is 4. The molecular formula is C35H20N4PtS. The number of fused-ring (bicyclic) bond motifs is 4. The molecule has 0 aliphatic rings. The Morgan fingerprint density at radius 2 is 1.56 bits per heavy atom. The second kappa shape index (κ2) is 10.5. The van der Waals surface area contributed by atoms with Crippen molar-refractivity contribution in [2.24, 2.45) is 0 Å². The third-order valence-corrected chi connectivity index (χ3v) is 8.23. The molecule has 4 nitrogen and oxygen atoms in total. The van der Waals surface area contributed by atoms with Gasteiger partial charge in [0.1, 0.15) is 0 Å². The average Bonchev–Trinajstić information content (AvgIpc) is 3.61. The standard InChI is InChI=1S/C35H20N4S.Pt/c1-3-14-31-28(11-1)29-17-16-24(35-38-30-13-2-4-15-33(30)40-35)21-32(29)39(31)26-10-5-8-23(20-26)34-27(12-7-19-37-34)25-9-6-18-36-22-25;/h1-19,22H;/q-2;+2. The topological polar surface area (TPSA) is 43.6 Å². The minimum atomic E-state index is 0. The van der Waals surface area contributed by atoms with E-state index < -0.39 is 0 Å². The largest absolute Gasteiger partial charge is 2.00 e. The van der Waals surface area contributed by atoms with E-state index in [-0.39, 0.29) is 21.1 Å². The molecule has 4 aromatic carbocycles. The Morgan fingerprint density at radius 1 is 0.683 bits per heavy atom. The summed E-state index contributed by atoms with van der Waals surface area (Å²) < 4.78 is 3.42. The van der Waals surface area contributed by atoms with Crippen LogP contribution in [0.4, 0.5) is 0 Å². The molecule has 0 spiro atoms. The summed E-state index contributed by atoms with van der Waals surface area (Å²) in [5, 5.41) is 3.29. The van der Waals surface area contributed by atoms with Gasteiger partial charge in [-0.1, -0.05) is 47.9 Å². The van der Waals surface area contributed by atoms with Gasteiger partial charge < -0.3 is 9.55 Å². The molecule has 0 saturated heterocycles. The predicted octanol–water partition coefficient (Wildman–Crippen LogP) is 8.78. The Bertz CT molecular complexity index is 2150. The molecule has 0 aliphatic heterocycles. The van der Waals surface area contributed by atoms with E-state index in [0.29, 0.717) is 0 Å². The normalized spacial score (nSPS) is 11.2. The van der Waals surface area contributed by atoms with Crippen LogP contribution in [0.1, 0.15) is 0 Å². The molecule has 8 aromatic rings. The fraction of sp³-hybridized carbons (Fsp3) is 0. The van der Waals surface area contributed by atoms with Crippen molar-refractivity contribution in [1.82, 2.24) is 19.5 Å². The Morgan fingerprint density at radius 3 is 2.46 bits per heavy atom. The van der Waals surface area contributed by atoms with Crippen molar-refractivity contribution >= 4 is 43.4 Å². The minimum Gasteiger partial charge on any atom is -0.346 e. The number of pyridine rings is 2. The van der Waals surface area contributed by atoms with Crippen molar-refractivity contribution in [2.75, 3.05) is 0 Å². The molecule has 0 atom stereocenters. The van der Waals surface area contributed by atoms with Gasteiger partial charge in [-0.2, -0.15) is 11.3 Å². The second-order valence-corrected chi connectivity index (χ2v) is 10.6. The van der Waals surface area contributed by atoms with Crippen LogP contribution in [0.5, 0.6) is 0 Å². The summed E-state index contributed by atoms with van der Waals surface area (Å²) >= 11 is 1.69. The molecule has 0 fully saturated rings. The zero-order chi connectivity index (χ0) is 26.5. The molecule has 0 unspecified atom stereocenters. The number of nitrogens with zero attached hydrogens (tertiary/aromatic N) is 4. The van der Waals surface area contributed by atoms with E-state index in [1.54, 1.807) is 17.5 Å². The van der Waals surface area contributed by atoms with E-state index in [2.05, 4.69) is 107 Å². The van der Waals surface area contributed by atoms with Gasteiger partial charge in [-0.25, -0.2) is 0 Å². The maximum Gasteiger partial charge on any atom is 2.00 e. The summed E-state index contributed by atoms with van der Waals surface area (Å²) in [6, 6.07) is 42.8. The maximum atomic E-state index is 4.90. The van der Waals surface area contributed by atoms with Crippen LogP contribution in [-0.4, -0.2) is 19.5 Å². The molecule has 8 rings (SSSR count). The van der Waals surface area contributed by atoms with E-state index in [1.807, 2.05) is 30.6 Å². The van der Waals surface area contributed by atoms with Crippen molar-refractivity contribution in [2.45, 2.75) is 0 Å². The van der Waals surface area contributed by atoms with Gasteiger partial charge in [0.15, 0.2) is 0 Å². The Kier molecular flexibility index (Phi) is 6.54. The van der Waals surface area contributed by atoms with Crippen LogP contribution in [0.3, 0.4) is 0 Å². The molecule has 196 valence electrons. The molecule has 0 N–H and O–H groups in total. The first-order valence-electron chi connectivity index (χ1n) is 13.0. The van der Waals surface area contributed by atoms with Gasteiger partial charge in [0.25, 0.3) is 0 Å². The molecule has 41 heavy (non-hydrogen) atoms. The van der Waals surface area contributed by atoms with Crippen LogP contribution >= 0.6 is 11.3 Å². The number of benzene rings is 4. The molecule has 0 aliphatic carbocycles. The molecule has 0 bridgehead atoms. The van der Waals surface area contributed by atoms with Crippen LogP contribution in [0.2, 0.25) is 0 Å². The molecule has 4 aromatic heterocycles. The van der Waals surface area contributed by atoms with Gasteiger partial charge in [0, 0.05) is 33.8 Å². The van der Waals surface area contributed by atoms with Gasteiger partial charge in [-0.3, -0.25) is 9.97 Å². The summed E-state index contributed by atoms with van der Waals surface area (Å²) in [6.07, 6.45) is 5.48. The fourth-order valence-electron chi connectivity index (χ4n) is 5.36. The van der Waals surface area contributed by atoms with Crippen molar-refractivity contribution in [3.63, 3.8) is 0 Å². The van der Waals surface area contributed by atoms with Crippen LogP contribution in [0, 0.1) is 12.1 Å². The summed E-state index contributed by atoms with van der Waals surface area (Å²) in [6.45, 7) is 0. The van der Waals surface area contributed by atoms with Gasteiger partial charge in [-0.05, 0) is 63.7 Å². The quantitative estimate of drug-likeness (QED) is 0.171. The van der Waals surface area contributed by atoms with Gasteiger partial charge >= 0.3 is 21.1 Å². The molecule has 0 radical (unpaired) electrons. The zero-order valence-electron chi connectivity index (χ0n) is 21.6. The van der Waals surface area contributed by atoms with Crippen molar-refractivity contribution < 1.29 is 21.1 Å². The smallest absolute Gasteiger partial charge is 0.346 e. The van der Waals surface area contributed by atoms with Crippen molar-refractivity contribution in [3.8, 4) is 38.6 Å². The third-order valence-electron chi connectivity index (χ3n) is 7.16.